The lowest BCUT2D eigenvalue weighted by Gasteiger charge is -2.16. The van der Waals surface area contributed by atoms with Crippen LogP contribution in [0.2, 0.25) is 0 Å². The Morgan fingerprint density at radius 1 is 0.920 bits per heavy atom. The highest BCUT2D eigenvalue weighted by atomic mass is 16.2. The van der Waals surface area contributed by atoms with E-state index in [1.165, 1.54) is 9.95 Å². The lowest BCUT2D eigenvalue weighted by molar-refractivity contribution is 0.249. The minimum Gasteiger partial charge on any atom is -0.297 e. The van der Waals surface area contributed by atoms with Crippen molar-refractivity contribution >= 4 is 22.5 Å². The molecule has 0 saturated heterocycles. The second-order valence-corrected chi connectivity index (χ2v) is 5.91. The molecule has 0 N–H and O–H groups in total. The fourth-order valence-electron chi connectivity index (χ4n) is 2.86. The highest BCUT2D eigenvalue weighted by Gasteiger charge is 2.14. The fourth-order valence-corrected chi connectivity index (χ4v) is 2.86. The summed E-state index contributed by atoms with van der Waals surface area (Å²) in [5.41, 5.74) is 2.61. The maximum Gasteiger partial charge on any atom is 0.333 e. The molecule has 0 saturated carbocycles. The van der Waals surface area contributed by atoms with E-state index in [0.717, 1.165) is 22.3 Å². The number of carbonyl (C=O) groups excluding carboxylic acids is 1. The number of hydrogen-bond donors (Lipinski definition) is 0. The van der Waals surface area contributed by atoms with Crippen molar-refractivity contribution in [1.82, 2.24) is 9.55 Å². The smallest absolute Gasteiger partial charge is 0.297 e. The van der Waals surface area contributed by atoms with Gasteiger partial charge in [0.2, 0.25) is 0 Å². The number of fused-ring (bicyclic) bond motifs is 1. The molecule has 1 heterocycles. The van der Waals surface area contributed by atoms with Crippen molar-refractivity contribution in [2.45, 2.75) is 0 Å². The van der Waals surface area contributed by atoms with Crippen LogP contribution in [0, 0.1) is 0 Å². The van der Waals surface area contributed by atoms with Gasteiger partial charge in [-0.05, 0) is 29.0 Å². The highest BCUT2D eigenvalue weighted by Crippen LogP contribution is 2.23. The molecule has 0 aliphatic heterocycles. The maximum absolute atomic E-state index is 12.7. The third kappa shape index (κ3) is 2.90. The number of para-hydroxylation sites is 1. The van der Waals surface area contributed by atoms with Gasteiger partial charge < -0.3 is 0 Å². The first-order valence-electron chi connectivity index (χ1n) is 8.09. The van der Waals surface area contributed by atoms with Crippen LogP contribution < -0.4 is 4.90 Å². The Labute approximate surface area is 146 Å². The first-order valence-corrected chi connectivity index (χ1v) is 8.09. The van der Waals surface area contributed by atoms with Crippen LogP contribution in [0.15, 0.2) is 85.3 Å². The van der Waals surface area contributed by atoms with Gasteiger partial charge >= 0.3 is 6.03 Å². The van der Waals surface area contributed by atoms with Crippen molar-refractivity contribution in [3.8, 4) is 11.3 Å². The van der Waals surface area contributed by atoms with Crippen LogP contribution in [-0.2, 0) is 0 Å². The number of aromatic nitrogens is 2. The van der Waals surface area contributed by atoms with Crippen LogP contribution in [-0.4, -0.2) is 22.6 Å². The minimum atomic E-state index is -0.147. The Balaban J connectivity index is 1.64. The van der Waals surface area contributed by atoms with Crippen LogP contribution in [0.25, 0.3) is 22.0 Å². The van der Waals surface area contributed by atoms with Crippen molar-refractivity contribution in [3.63, 3.8) is 0 Å². The van der Waals surface area contributed by atoms with Gasteiger partial charge in [-0.1, -0.05) is 54.6 Å². The van der Waals surface area contributed by atoms with Crippen LogP contribution in [0.1, 0.15) is 0 Å². The first-order chi connectivity index (χ1) is 12.2. The molecule has 0 radical (unpaired) electrons. The molecule has 0 atom stereocenters. The third-order valence-electron chi connectivity index (χ3n) is 4.28. The summed E-state index contributed by atoms with van der Waals surface area (Å²) in [6, 6.07) is 23.8. The molecule has 1 aromatic heterocycles. The van der Waals surface area contributed by atoms with E-state index in [-0.39, 0.29) is 6.03 Å². The largest absolute Gasteiger partial charge is 0.333 e. The van der Waals surface area contributed by atoms with E-state index >= 15 is 0 Å². The molecule has 4 aromatic rings. The summed E-state index contributed by atoms with van der Waals surface area (Å²) in [4.78, 5) is 18.7. The van der Waals surface area contributed by atoms with E-state index in [1.807, 2.05) is 48.5 Å². The van der Waals surface area contributed by atoms with Gasteiger partial charge in [0.15, 0.2) is 0 Å². The van der Waals surface area contributed by atoms with Gasteiger partial charge in [-0.3, -0.25) is 9.47 Å². The molecule has 4 heteroatoms. The number of anilines is 1. The second kappa shape index (κ2) is 6.24. The molecule has 0 aliphatic carbocycles. The van der Waals surface area contributed by atoms with E-state index in [1.54, 1.807) is 24.5 Å². The summed E-state index contributed by atoms with van der Waals surface area (Å²) in [5, 5.41) is 2.34. The molecule has 1 amide bonds. The van der Waals surface area contributed by atoms with Crippen LogP contribution in [0.4, 0.5) is 10.5 Å². The van der Waals surface area contributed by atoms with E-state index in [2.05, 4.69) is 29.2 Å². The quantitative estimate of drug-likeness (QED) is 0.530. The van der Waals surface area contributed by atoms with Crippen molar-refractivity contribution in [2.75, 3.05) is 11.9 Å². The molecule has 0 unspecified atom stereocenters. The average Bonchev–Trinajstić information content (AvgIpc) is 3.17. The van der Waals surface area contributed by atoms with E-state index in [9.17, 15) is 4.79 Å². The molecular weight excluding hydrogens is 310 g/mol. The minimum absolute atomic E-state index is 0.147. The summed E-state index contributed by atoms with van der Waals surface area (Å²) in [7, 11) is 1.76. The topological polar surface area (TPSA) is 38.1 Å². The first kappa shape index (κ1) is 15.1. The summed E-state index contributed by atoms with van der Waals surface area (Å²) in [6.07, 6.45) is 3.33. The molecule has 0 fully saturated rings. The van der Waals surface area contributed by atoms with Gasteiger partial charge in [0, 0.05) is 24.5 Å². The van der Waals surface area contributed by atoms with Crippen LogP contribution in [0.3, 0.4) is 0 Å². The number of carbonyl (C=O) groups is 1. The molecule has 0 aliphatic rings. The Bertz CT molecular complexity index is 1040. The number of imidazole rings is 1. The van der Waals surface area contributed by atoms with Gasteiger partial charge in [0.1, 0.15) is 6.33 Å². The van der Waals surface area contributed by atoms with Crippen molar-refractivity contribution in [3.05, 3.63) is 85.3 Å². The van der Waals surface area contributed by atoms with Gasteiger partial charge in [-0.25, -0.2) is 9.78 Å². The van der Waals surface area contributed by atoms with Crippen LogP contribution >= 0.6 is 0 Å². The number of nitrogens with zero attached hydrogens (tertiary/aromatic N) is 3. The molecule has 4 rings (SSSR count). The number of hydrogen-bond acceptors (Lipinski definition) is 2. The normalized spacial score (nSPS) is 10.8. The molecule has 3 aromatic carbocycles. The van der Waals surface area contributed by atoms with Gasteiger partial charge in [0.05, 0.1) is 5.69 Å². The van der Waals surface area contributed by atoms with Gasteiger partial charge in [0.25, 0.3) is 0 Å². The standard InChI is InChI=1S/C21H17N3O/c1-23(19-9-3-2-4-10-19)21(25)24-14-20(22-15-24)18-12-11-16-7-5-6-8-17(16)13-18/h2-15H,1H3. The molecule has 0 spiro atoms. The predicted octanol–water partition coefficient (Wildman–Crippen LogP) is 4.81. The molecular formula is C21H17N3O. The summed E-state index contributed by atoms with van der Waals surface area (Å²) >= 11 is 0. The summed E-state index contributed by atoms with van der Waals surface area (Å²) in [5.74, 6) is 0. The van der Waals surface area contributed by atoms with Crippen molar-refractivity contribution in [1.29, 1.82) is 0 Å². The van der Waals surface area contributed by atoms with E-state index in [4.69, 9.17) is 0 Å². The van der Waals surface area contributed by atoms with Gasteiger partial charge in [-0.2, -0.15) is 0 Å². The van der Waals surface area contributed by atoms with Crippen molar-refractivity contribution in [2.24, 2.45) is 0 Å². The average molecular weight is 327 g/mol. The fraction of sp³-hybridized carbons (Fsp3) is 0.0476. The van der Waals surface area contributed by atoms with Gasteiger partial charge in [-0.15, -0.1) is 0 Å². The zero-order valence-electron chi connectivity index (χ0n) is 13.8. The zero-order valence-corrected chi connectivity index (χ0v) is 13.8. The SMILES string of the molecule is CN(C(=O)n1cnc(-c2ccc3ccccc3c2)c1)c1ccccc1. The summed E-state index contributed by atoms with van der Waals surface area (Å²) < 4.78 is 1.51. The Hall–Kier alpha value is -3.40. The molecule has 4 nitrogen and oxygen atoms in total. The number of amides is 1. The lowest BCUT2D eigenvalue weighted by Crippen LogP contribution is -2.30. The molecule has 0 bridgehead atoms. The highest BCUT2D eigenvalue weighted by molar-refractivity contribution is 5.93. The molecule has 25 heavy (non-hydrogen) atoms. The lowest BCUT2D eigenvalue weighted by atomic mass is 10.1. The van der Waals surface area contributed by atoms with Crippen molar-refractivity contribution < 1.29 is 4.79 Å². The predicted molar refractivity (Wildman–Crippen MR) is 101 cm³/mol. The van der Waals surface area contributed by atoms with Crippen LogP contribution in [0.5, 0.6) is 0 Å². The summed E-state index contributed by atoms with van der Waals surface area (Å²) in [6.45, 7) is 0. The zero-order chi connectivity index (χ0) is 17.2. The third-order valence-corrected chi connectivity index (χ3v) is 4.28. The second-order valence-electron chi connectivity index (χ2n) is 5.91. The van der Waals surface area contributed by atoms with E-state index in [0.29, 0.717) is 0 Å². The Kier molecular flexibility index (Phi) is 3.78. The Morgan fingerprint density at radius 3 is 2.44 bits per heavy atom. The van der Waals surface area contributed by atoms with E-state index < -0.39 is 0 Å². The number of benzene rings is 3. The number of rotatable bonds is 2. The maximum atomic E-state index is 12.7. The Morgan fingerprint density at radius 2 is 1.64 bits per heavy atom. The monoisotopic (exact) mass is 327 g/mol. The molecule has 122 valence electrons.